The molecule has 1 atom stereocenters. The molecule has 10 heavy (non-hydrogen) atoms. The fourth-order valence-corrected chi connectivity index (χ4v) is 1.21. The zero-order chi connectivity index (χ0) is 7.98. The molecule has 0 aromatic carbocycles. The van der Waals surface area contributed by atoms with Crippen LogP contribution in [0.1, 0.15) is 6.92 Å². The van der Waals surface area contributed by atoms with Gasteiger partial charge in [0.2, 0.25) is 0 Å². The molecule has 0 saturated heterocycles. The van der Waals surface area contributed by atoms with Gasteiger partial charge in [-0.15, -0.1) is 0 Å². The summed E-state index contributed by atoms with van der Waals surface area (Å²) in [6.07, 6.45) is 3.87. The number of rotatable bonds is 3. The lowest BCUT2D eigenvalue weighted by molar-refractivity contribution is 0.916. The van der Waals surface area contributed by atoms with Crippen molar-refractivity contribution in [3.05, 3.63) is 24.4 Å². The summed E-state index contributed by atoms with van der Waals surface area (Å²) in [6.45, 7) is 5.42. The summed E-state index contributed by atoms with van der Waals surface area (Å²) in [5, 5.41) is 11.2. The maximum absolute atomic E-state index is 8.31. The highest BCUT2D eigenvalue weighted by Crippen LogP contribution is 1.99. The van der Waals surface area contributed by atoms with Crippen molar-refractivity contribution in [3.63, 3.8) is 0 Å². The third-order valence-corrected chi connectivity index (χ3v) is 1.54. The Morgan fingerprint density at radius 2 is 2.50 bits per heavy atom. The molecule has 1 N–H and O–H groups in total. The lowest BCUT2D eigenvalue weighted by Crippen LogP contribution is -2.18. The van der Waals surface area contributed by atoms with Gasteiger partial charge in [0, 0.05) is 0 Å². The van der Waals surface area contributed by atoms with Gasteiger partial charge in [-0.25, -0.2) is 0 Å². The van der Waals surface area contributed by atoms with Crippen molar-refractivity contribution in [2.75, 3.05) is 0 Å². The number of halogens is 1. The maximum Gasteiger partial charge on any atom is 0.116 e. The molecule has 0 rings (SSSR count). The highest BCUT2D eigenvalue weighted by atomic mass is 127. The number of hydrogen-bond acceptors (Lipinski definition) is 2. The minimum absolute atomic E-state index is 0.162. The van der Waals surface area contributed by atoms with E-state index in [1.165, 1.54) is 0 Å². The van der Waals surface area contributed by atoms with Crippen molar-refractivity contribution in [2.24, 2.45) is 0 Å². The number of nitrogens with zero attached hydrogens (tertiary/aromatic N) is 1. The molecule has 0 aliphatic rings. The van der Waals surface area contributed by atoms with E-state index in [1.54, 1.807) is 0 Å². The van der Waals surface area contributed by atoms with Crippen molar-refractivity contribution < 1.29 is 0 Å². The van der Waals surface area contributed by atoms with E-state index in [-0.39, 0.29) is 4.05 Å². The van der Waals surface area contributed by atoms with Crippen LogP contribution in [0.25, 0.3) is 0 Å². The van der Waals surface area contributed by atoms with Crippen molar-refractivity contribution in [2.45, 2.75) is 11.0 Å². The minimum Gasteiger partial charge on any atom is -0.362 e. The van der Waals surface area contributed by atoms with Crippen LogP contribution >= 0.6 is 22.6 Å². The van der Waals surface area contributed by atoms with Gasteiger partial charge in [0.25, 0.3) is 0 Å². The molecule has 1 unspecified atom stereocenters. The Labute approximate surface area is 74.8 Å². The first-order chi connectivity index (χ1) is 4.70. The first-order valence-corrected chi connectivity index (χ1v) is 4.07. The molecule has 0 spiro atoms. The predicted molar refractivity (Wildman–Crippen MR) is 50.5 cm³/mol. The molecular weight excluding hydrogens is 239 g/mol. The van der Waals surface area contributed by atoms with Crippen LogP contribution in [0, 0.1) is 11.3 Å². The molecule has 0 saturated carbocycles. The number of nitrogens with one attached hydrogen (secondary N) is 1. The monoisotopic (exact) mass is 248 g/mol. The highest BCUT2D eigenvalue weighted by Gasteiger charge is 1.96. The van der Waals surface area contributed by atoms with Gasteiger partial charge in [0.1, 0.15) is 11.8 Å². The second-order valence-corrected chi connectivity index (χ2v) is 3.00. The molecular formula is C7H9IN2. The first-order valence-electron chi connectivity index (χ1n) is 2.83. The normalized spacial score (nSPS) is 12.5. The Kier molecular flexibility index (Phi) is 5.03. The van der Waals surface area contributed by atoms with Crippen LogP contribution in [-0.4, -0.2) is 4.05 Å². The van der Waals surface area contributed by atoms with Gasteiger partial charge in [-0.3, -0.25) is 0 Å². The molecule has 54 valence electrons. The molecule has 0 radical (unpaired) electrons. The summed E-state index contributed by atoms with van der Waals surface area (Å²) in [5.74, 6) is 0. The van der Waals surface area contributed by atoms with Gasteiger partial charge < -0.3 is 5.32 Å². The highest BCUT2D eigenvalue weighted by molar-refractivity contribution is 14.1. The fraction of sp³-hybridized carbons (Fsp3) is 0.286. The van der Waals surface area contributed by atoms with Gasteiger partial charge in [-0.2, -0.15) is 5.26 Å². The van der Waals surface area contributed by atoms with Crippen LogP contribution < -0.4 is 5.32 Å². The molecule has 0 aliphatic heterocycles. The smallest absolute Gasteiger partial charge is 0.116 e. The second-order valence-electron chi connectivity index (χ2n) is 1.66. The van der Waals surface area contributed by atoms with Crippen LogP contribution in [0.15, 0.2) is 24.4 Å². The second kappa shape index (κ2) is 5.30. The van der Waals surface area contributed by atoms with E-state index in [0.29, 0.717) is 5.70 Å². The zero-order valence-corrected chi connectivity index (χ0v) is 7.92. The first kappa shape index (κ1) is 9.50. The Morgan fingerprint density at radius 1 is 1.90 bits per heavy atom. The Morgan fingerprint density at radius 3 is 2.90 bits per heavy atom. The largest absolute Gasteiger partial charge is 0.362 e. The van der Waals surface area contributed by atoms with E-state index in [1.807, 2.05) is 25.1 Å². The predicted octanol–water partition coefficient (Wildman–Crippen LogP) is 1.95. The third-order valence-electron chi connectivity index (χ3n) is 0.808. The average Bonchev–Trinajstić information content (AvgIpc) is 1.88. The van der Waals surface area contributed by atoms with Crippen LogP contribution in [0.2, 0.25) is 0 Å². The summed E-state index contributed by atoms with van der Waals surface area (Å²) in [4.78, 5) is 0. The van der Waals surface area contributed by atoms with E-state index in [4.69, 9.17) is 5.26 Å². The summed E-state index contributed by atoms with van der Waals surface area (Å²) in [6, 6.07) is 1.91. The lowest BCUT2D eigenvalue weighted by Gasteiger charge is -2.04. The topological polar surface area (TPSA) is 35.8 Å². The van der Waals surface area contributed by atoms with E-state index < -0.39 is 0 Å². The SMILES string of the molecule is C=C(C#N)NC(I)/C=C\C. The van der Waals surface area contributed by atoms with Crippen LogP contribution in [-0.2, 0) is 0 Å². The standard InChI is InChI=1S/C7H9IN2/c1-3-4-7(8)10-6(2)5-9/h3-4,7,10H,2H2,1H3/b4-3-. The van der Waals surface area contributed by atoms with Gasteiger partial charge in [-0.05, 0) is 6.92 Å². The molecule has 0 aromatic heterocycles. The molecule has 3 heteroatoms. The molecule has 0 heterocycles. The lowest BCUT2D eigenvalue weighted by atomic mass is 10.5. The summed E-state index contributed by atoms with van der Waals surface area (Å²) < 4.78 is 0.162. The molecule has 0 aliphatic carbocycles. The Hall–Kier alpha value is -0.500. The summed E-state index contributed by atoms with van der Waals surface area (Å²) in [7, 11) is 0. The zero-order valence-electron chi connectivity index (χ0n) is 5.76. The average molecular weight is 248 g/mol. The quantitative estimate of drug-likeness (QED) is 0.272. The maximum atomic E-state index is 8.31. The third kappa shape index (κ3) is 4.39. The van der Waals surface area contributed by atoms with Gasteiger partial charge in [0.05, 0.1) is 4.05 Å². The van der Waals surface area contributed by atoms with Gasteiger partial charge in [0.15, 0.2) is 0 Å². The van der Waals surface area contributed by atoms with Crippen LogP contribution in [0.3, 0.4) is 0 Å². The number of nitriles is 1. The number of allylic oxidation sites excluding steroid dienone is 2. The fourth-order valence-electron chi connectivity index (χ4n) is 0.416. The molecule has 0 bridgehead atoms. The van der Waals surface area contributed by atoms with E-state index in [0.717, 1.165) is 0 Å². The summed E-state index contributed by atoms with van der Waals surface area (Å²) >= 11 is 2.17. The molecule has 0 amide bonds. The van der Waals surface area contributed by atoms with Crippen molar-refractivity contribution in [1.29, 1.82) is 5.26 Å². The van der Waals surface area contributed by atoms with Crippen molar-refractivity contribution in [3.8, 4) is 6.07 Å². The minimum atomic E-state index is 0.162. The van der Waals surface area contributed by atoms with E-state index >= 15 is 0 Å². The molecule has 2 nitrogen and oxygen atoms in total. The van der Waals surface area contributed by atoms with E-state index in [2.05, 4.69) is 34.5 Å². The van der Waals surface area contributed by atoms with Crippen LogP contribution in [0.4, 0.5) is 0 Å². The van der Waals surface area contributed by atoms with Crippen molar-refractivity contribution >= 4 is 22.6 Å². The number of hydrogen-bond donors (Lipinski definition) is 1. The molecule has 0 aromatic rings. The van der Waals surface area contributed by atoms with E-state index in [9.17, 15) is 0 Å². The van der Waals surface area contributed by atoms with Crippen molar-refractivity contribution in [1.82, 2.24) is 5.32 Å². The van der Waals surface area contributed by atoms with Gasteiger partial charge in [-0.1, -0.05) is 41.3 Å². The van der Waals surface area contributed by atoms with Gasteiger partial charge >= 0.3 is 0 Å². The Balaban J connectivity index is 3.70. The number of alkyl halides is 1. The van der Waals surface area contributed by atoms with Crippen LogP contribution in [0.5, 0.6) is 0 Å². The summed E-state index contributed by atoms with van der Waals surface area (Å²) in [5.41, 5.74) is 0.400. The Bertz CT molecular complexity index is 179. The molecule has 0 fully saturated rings.